The van der Waals surface area contributed by atoms with Crippen molar-refractivity contribution in [2.24, 2.45) is 0 Å². The number of rotatable bonds is 17. The Morgan fingerprint density at radius 3 is 1.97 bits per heavy atom. The Morgan fingerprint density at radius 1 is 0.900 bits per heavy atom. The van der Waals surface area contributed by atoms with Crippen molar-refractivity contribution in [1.82, 2.24) is 0 Å². The van der Waals surface area contributed by atoms with E-state index in [2.05, 4.69) is 46.1 Å². The number of hydrogen-bond acceptors (Lipinski definition) is 2. The fourth-order valence-corrected chi connectivity index (χ4v) is 28.4. The van der Waals surface area contributed by atoms with Gasteiger partial charge in [0.25, 0.3) is 0 Å². The van der Waals surface area contributed by atoms with Crippen LogP contribution in [0.3, 0.4) is 0 Å². The van der Waals surface area contributed by atoms with Crippen molar-refractivity contribution in [3.8, 4) is 0 Å². The summed E-state index contributed by atoms with van der Waals surface area (Å²) in [6.45, 7) is 16.6. The molecule has 0 bridgehead atoms. The van der Waals surface area contributed by atoms with E-state index >= 15 is 0 Å². The Labute approximate surface area is 194 Å². The van der Waals surface area contributed by atoms with Crippen molar-refractivity contribution in [3.05, 3.63) is 9.29 Å². The van der Waals surface area contributed by atoms with Crippen LogP contribution in [-0.2, 0) is 9.47 Å². The van der Waals surface area contributed by atoms with Crippen molar-refractivity contribution in [2.45, 2.75) is 137 Å². The first-order valence-corrected chi connectivity index (χ1v) is 24.4. The molecule has 1 heterocycles. The maximum absolute atomic E-state index is 6.03. The van der Waals surface area contributed by atoms with Crippen molar-refractivity contribution in [1.29, 1.82) is 0 Å². The molecule has 0 aromatic carbocycles. The molecule has 0 aromatic heterocycles. The topological polar surface area (TPSA) is 18.5 Å². The minimum absolute atomic E-state index is 0.0765. The van der Waals surface area contributed by atoms with E-state index in [1.807, 2.05) is 3.59 Å². The molecule has 178 valence electrons. The van der Waals surface area contributed by atoms with Gasteiger partial charge in [0.05, 0.1) is 0 Å². The number of allylic oxidation sites excluding steroid dienone is 1. The number of hydrogen-bond donors (Lipinski definition) is 0. The van der Waals surface area contributed by atoms with E-state index in [-0.39, 0.29) is 6.29 Å². The van der Waals surface area contributed by atoms with Crippen LogP contribution in [0.15, 0.2) is 9.29 Å². The summed E-state index contributed by atoms with van der Waals surface area (Å²) >= 11 is -2.29. The molecule has 0 N–H and O–H groups in total. The van der Waals surface area contributed by atoms with Gasteiger partial charge in [-0.3, -0.25) is 0 Å². The first kappa shape index (κ1) is 28.7. The third-order valence-electron chi connectivity index (χ3n) is 6.60. The average molecular weight is 546 g/mol. The third kappa shape index (κ3) is 12.1. The van der Waals surface area contributed by atoms with Crippen molar-refractivity contribution < 1.29 is 9.47 Å². The van der Waals surface area contributed by atoms with E-state index in [1.165, 1.54) is 70.6 Å². The van der Waals surface area contributed by atoms with Gasteiger partial charge in [-0.25, -0.2) is 0 Å². The first-order chi connectivity index (χ1) is 14.4. The second-order valence-corrected chi connectivity index (χ2v) is 29.2. The fourth-order valence-electron chi connectivity index (χ4n) is 4.89. The van der Waals surface area contributed by atoms with Crippen LogP contribution in [0.25, 0.3) is 0 Å². The Bertz CT molecular complexity index is 431. The minimum atomic E-state index is -2.29. The van der Waals surface area contributed by atoms with Gasteiger partial charge in [0.15, 0.2) is 0 Å². The molecule has 1 aliphatic heterocycles. The predicted octanol–water partition coefficient (Wildman–Crippen LogP) is 8.89. The molecule has 1 atom stereocenters. The van der Waals surface area contributed by atoms with Crippen LogP contribution in [0.2, 0.25) is 33.0 Å². The van der Waals surface area contributed by atoms with Gasteiger partial charge >= 0.3 is 195 Å². The number of ether oxygens (including phenoxy) is 2. The van der Waals surface area contributed by atoms with Gasteiger partial charge in [-0.2, -0.15) is 0 Å². The molecule has 0 aliphatic carbocycles. The molecule has 0 unspecified atom stereocenters. The summed E-state index contributed by atoms with van der Waals surface area (Å²) in [7, 11) is -1.20. The van der Waals surface area contributed by atoms with E-state index in [0.29, 0.717) is 0 Å². The molecule has 0 saturated carbocycles. The summed E-state index contributed by atoms with van der Waals surface area (Å²) in [5.41, 5.74) is 2.88. The molecule has 0 amide bonds. The number of unbranched alkanes of at least 4 members (excludes halogenated alkanes) is 4. The Balaban J connectivity index is 2.82. The molecular formula is C26H54O2SiSn. The molecule has 2 nitrogen and oxygen atoms in total. The molecule has 1 fully saturated rings. The van der Waals surface area contributed by atoms with Crippen LogP contribution in [-0.4, -0.2) is 46.0 Å². The standard InChI is InChI=1S/C14H27O2Si.3C4H9.Sn/c1-17(2,3)13-9-5-4-7-11-15-14-10-6-8-12-16-14;3*1-3-4-2;/h13-14H,4-8,10-12H2,1-3H3;3*1,3-4H2,2H3;/t14-;;;;/m0..../s1. The zero-order valence-electron chi connectivity index (χ0n) is 21.5. The van der Waals surface area contributed by atoms with Crippen molar-refractivity contribution >= 4 is 26.5 Å². The van der Waals surface area contributed by atoms with Crippen molar-refractivity contribution in [2.75, 3.05) is 13.2 Å². The Morgan fingerprint density at radius 2 is 1.50 bits per heavy atom. The molecule has 4 heteroatoms. The zero-order valence-corrected chi connectivity index (χ0v) is 25.3. The monoisotopic (exact) mass is 546 g/mol. The first-order valence-electron chi connectivity index (χ1n) is 13.3. The predicted molar refractivity (Wildman–Crippen MR) is 140 cm³/mol. The second kappa shape index (κ2) is 16.3. The van der Waals surface area contributed by atoms with Crippen LogP contribution in [0, 0.1) is 0 Å². The zero-order chi connectivity index (χ0) is 22.3. The molecule has 1 aliphatic rings. The van der Waals surface area contributed by atoms with E-state index in [4.69, 9.17) is 9.47 Å². The summed E-state index contributed by atoms with van der Waals surface area (Å²) < 4.78 is 18.6. The van der Waals surface area contributed by atoms with Gasteiger partial charge in [0, 0.05) is 0 Å². The SMILES string of the molecule is CCC[CH2][Sn]([CH2]CCC)([CH2]CCC)/[C](=C\[Si](C)(C)C)CCCCO[C@@H]1CCCCO1. The summed E-state index contributed by atoms with van der Waals surface area (Å²) in [6.07, 6.45) is 16.0. The van der Waals surface area contributed by atoms with Gasteiger partial charge in [-0.05, 0) is 0 Å². The molecule has 0 radical (unpaired) electrons. The third-order valence-corrected chi connectivity index (χ3v) is 24.9. The van der Waals surface area contributed by atoms with E-state index < -0.39 is 26.5 Å². The summed E-state index contributed by atoms with van der Waals surface area (Å²) in [5, 5.41) is 0. The van der Waals surface area contributed by atoms with E-state index in [9.17, 15) is 0 Å². The van der Waals surface area contributed by atoms with E-state index in [1.54, 1.807) is 13.3 Å². The van der Waals surface area contributed by atoms with Crippen molar-refractivity contribution in [3.63, 3.8) is 0 Å². The molecule has 0 aromatic rings. The van der Waals surface area contributed by atoms with Crippen LogP contribution in [0.4, 0.5) is 0 Å². The van der Waals surface area contributed by atoms with Gasteiger partial charge < -0.3 is 0 Å². The fraction of sp³-hybridized carbons (Fsp3) is 0.923. The molecular weight excluding hydrogens is 491 g/mol. The van der Waals surface area contributed by atoms with Crippen LogP contribution >= 0.6 is 0 Å². The van der Waals surface area contributed by atoms with Gasteiger partial charge in [0.1, 0.15) is 0 Å². The summed E-state index contributed by atoms with van der Waals surface area (Å²) in [4.78, 5) is 0. The maximum atomic E-state index is 6.03. The molecule has 30 heavy (non-hydrogen) atoms. The molecule has 1 saturated heterocycles. The van der Waals surface area contributed by atoms with Crippen LogP contribution < -0.4 is 0 Å². The summed E-state index contributed by atoms with van der Waals surface area (Å²) in [5.74, 6) is 0. The Hall–Kier alpha value is 0.676. The normalized spacial score (nSPS) is 18.7. The van der Waals surface area contributed by atoms with Crippen LogP contribution in [0.5, 0.6) is 0 Å². The van der Waals surface area contributed by atoms with Gasteiger partial charge in [0.2, 0.25) is 0 Å². The second-order valence-electron chi connectivity index (χ2n) is 10.8. The average Bonchev–Trinajstić information content (AvgIpc) is 2.72. The van der Waals surface area contributed by atoms with Crippen LogP contribution in [0.1, 0.15) is 97.8 Å². The Kier molecular flexibility index (Phi) is 15.6. The van der Waals surface area contributed by atoms with Gasteiger partial charge in [-0.1, -0.05) is 0 Å². The molecule has 1 rings (SSSR count). The quantitative estimate of drug-likeness (QED) is 0.134. The summed E-state index contributed by atoms with van der Waals surface area (Å²) in [6, 6.07) is 0. The van der Waals surface area contributed by atoms with Gasteiger partial charge in [-0.15, -0.1) is 0 Å². The van der Waals surface area contributed by atoms with E-state index in [0.717, 1.165) is 19.6 Å². The molecule has 0 spiro atoms.